The van der Waals surface area contributed by atoms with E-state index in [1.165, 1.54) is 16.6 Å². The predicted molar refractivity (Wildman–Crippen MR) is 92.0 cm³/mol. The standard InChI is InChI=1S/C18H18FN5O2/c19-14-6-2-5-13(11-14)17-22-21-15-7-8-16(23-24(15)17)26-10-9-20-18(25)12-3-1-4-12/h2,5-8,11-12H,1,3-4,9-10H2,(H,20,25). The number of nitrogens with zero attached hydrogens (tertiary/aromatic N) is 4. The number of rotatable bonds is 6. The zero-order valence-corrected chi connectivity index (χ0v) is 14.1. The highest BCUT2D eigenvalue weighted by molar-refractivity contribution is 5.79. The lowest BCUT2D eigenvalue weighted by molar-refractivity contribution is -0.127. The monoisotopic (exact) mass is 355 g/mol. The molecule has 7 nitrogen and oxygen atoms in total. The second kappa shape index (κ2) is 7.07. The fourth-order valence-corrected chi connectivity index (χ4v) is 2.80. The van der Waals surface area contributed by atoms with Crippen molar-refractivity contribution in [3.05, 3.63) is 42.2 Å². The second-order valence-electron chi connectivity index (χ2n) is 6.24. The Morgan fingerprint density at radius 2 is 2.15 bits per heavy atom. The summed E-state index contributed by atoms with van der Waals surface area (Å²) in [6, 6.07) is 9.51. The summed E-state index contributed by atoms with van der Waals surface area (Å²) in [6.07, 6.45) is 3.08. The molecule has 0 unspecified atom stereocenters. The van der Waals surface area contributed by atoms with Crippen LogP contribution in [0.4, 0.5) is 4.39 Å². The molecule has 134 valence electrons. The number of fused-ring (bicyclic) bond motifs is 1. The number of nitrogens with one attached hydrogen (secondary N) is 1. The molecule has 0 spiro atoms. The summed E-state index contributed by atoms with van der Waals surface area (Å²) in [6.45, 7) is 0.738. The third-order valence-corrected chi connectivity index (χ3v) is 4.45. The van der Waals surface area contributed by atoms with Gasteiger partial charge in [-0.25, -0.2) is 4.39 Å². The topological polar surface area (TPSA) is 81.4 Å². The van der Waals surface area contributed by atoms with Crippen LogP contribution < -0.4 is 10.1 Å². The summed E-state index contributed by atoms with van der Waals surface area (Å²) in [5, 5.41) is 15.3. The first-order chi connectivity index (χ1) is 12.7. The fraction of sp³-hybridized carbons (Fsp3) is 0.333. The van der Waals surface area contributed by atoms with E-state index in [1.807, 2.05) is 0 Å². The number of carbonyl (C=O) groups is 1. The van der Waals surface area contributed by atoms with Gasteiger partial charge >= 0.3 is 0 Å². The highest BCUT2D eigenvalue weighted by atomic mass is 19.1. The molecular weight excluding hydrogens is 337 g/mol. The van der Waals surface area contributed by atoms with Crippen LogP contribution in [0.5, 0.6) is 5.88 Å². The van der Waals surface area contributed by atoms with Gasteiger partial charge in [-0.15, -0.1) is 15.3 Å². The third kappa shape index (κ3) is 3.35. The molecule has 1 amide bonds. The molecule has 26 heavy (non-hydrogen) atoms. The minimum Gasteiger partial charge on any atom is -0.475 e. The second-order valence-corrected chi connectivity index (χ2v) is 6.24. The van der Waals surface area contributed by atoms with Gasteiger partial charge in [-0.1, -0.05) is 18.6 Å². The average molecular weight is 355 g/mol. The molecule has 0 atom stereocenters. The third-order valence-electron chi connectivity index (χ3n) is 4.45. The van der Waals surface area contributed by atoms with E-state index in [2.05, 4.69) is 20.6 Å². The van der Waals surface area contributed by atoms with E-state index < -0.39 is 0 Å². The minimum absolute atomic E-state index is 0.0930. The molecule has 1 N–H and O–H groups in total. The van der Waals surface area contributed by atoms with Crippen molar-refractivity contribution in [2.45, 2.75) is 19.3 Å². The Balaban J connectivity index is 1.43. The van der Waals surface area contributed by atoms with Gasteiger partial charge in [-0.2, -0.15) is 4.52 Å². The molecule has 0 bridgehead atoms. The maximum atomic E-state index is 13.5. The molecule has 0 radical (unpaired) electrons. The zero-order chi connectivity index (χ0) is 17.9. The number of ether oxygens (including phenoxy) is 1. The Hall–Kier alpha value is -3.03. The summed E-state index contributed by atoms with van der Waals surface area (Å²) < 4.78 is 20.6. The first-order valence-electron chi connectivity index (χ1n) is 8.59. The van der Waals surface area contributed by atoms with Crippen LogP contribution in [0.25, 0.3) is 17.0 Å². The first kappa shape index (κ1) is 16.4. The molecule has 0 saturated heterocycles. The van der Waals surface area contributed by atoms with Crippen LogP contribution in [0.2, 0.25) is 0 Å². The summed E-state index contributed by atoms with van der Waals surface area (Å²) in [7, 11) is 0. The summed E-state index contributed by atoms with van der Waals surface area (Å²) in [5.74, 6) is 0.718. The Kier molecular flexibility index (Phi) is 4.47. The molecule has 1 aromatic carbocycles. The molecule has 2 heterocycles. The maximum Gasteiger partial charge on any atom is 0.231 e. The van der Waals surface area contributed by atoms with E-state index in [9.17, 15) is 9.18 Å². The molecule has 1 aliphatic rings. The maximum absolute atomic E-state index is 13.5. The van der Waals surface area contributed by atoms with Crippen molar-refractivity contribution in [3.63, 3.8) is 0 Å². The van der Waals surface area contributed by atoms with E-state index in [0.29, 0.717) is 36.1 Å². The Bertz CT molecular complexity index is 938. The number of amides is 1. The van der Waals surface area contributed by atoms with E-state index >= 15 is 0 Å². The molecule has 3 aromatic rings. The van der Waals surface area contributed by atoms with Crippen LogP contribution in [0.3, 0.4) is 0 Å². The Morgan fingerprint density at radius 1 is 1.27 bits per heavy atom. The summed E-state index contributed by atoms with van der Waals surface area (Å²) in [5.41, 5.74) is 1.12. The van der Waals surface area contributed by atoms with Crippen molar-refractivity contribution < 1.29 is 13.9 Å². The number of halogens is 1. The molecule has 8 heteroatoms. The fourth-order valence-electron chi connectivity index (χ4n) is 2.80. The van der Waals surface area contributed by atoms with Gasteiger partial charge in [0.25, 0.3) is 0 Å². The number of carbonyl (C=O) groups excluding carboxylic acids is 1. The lowest BCUT2D eigenvalue weighted by Crippen LogP contribution is -2.36. The Morgan fingerprint density at radius 3 is 2.92 bits per heavy atom. The highest BCUT2D eigenvalue weighted by Crippen LogP contribution is 2.26. The van der Waals surface area contributed by atoms with Gasteiger partial charge in [0.15, 0.2) is 11.5 Å². The quantitative estimate of drug-likeness (QED) is 0.686. The molecule has 0 aliphatic heterocycles. The number of hydrogen-bond acceptors (Lipinski definition) is 5. The first-order valence-corrected chi connectivity index (χ1v) is 8.59. The van der Waals surface area contributed by atoms with Crippen molar-refractivity contribution in [1.82, 2.24) is 25.1 Å². The zero-order valence-electron chi connectivity index (χ0n) is 14.1. The molecule has 4 rings (SSSR count). The van der Waals surface area contributed by atoms with E-state index in [-0.39, 0.29) is 17.6 Å². The van der Waals surface area contributed by atoms with Crippen LogP contribution in [-0.2, 0) is 4.79 Å². The van der Waals surface area contributed by atoms with Gasteiger partial charge in [0.1, 0.15) is 12.4 Å². The lowest BCUT2D eigenvalue weighted by atomic mass is 9.85. The molecule has 2 aromatic heterocycles. The molecule has 1 fully saturated rings. The van der Waals surface area contributed by atoms with Gasteiger partial charge in [0, 0.05) is 17.5 Å². The number of aromatic nitrogens is 4. The van der Waals surface area contributed by atoms with Gasteiger partial charge < -0.3 is 10.1 Å². The van der Waals surface area contributed by atoms with Gasteiger partial charge in [0.05, 0.1) is 6.54 Å². The summed E-state index contributed by atoms with van der Waals surface area (Å²) in [4.78, 5) is 11.8. The molecular formula is C18H18FN5O2. The van der Waals surface area contributed by atoms with Crippen molar-refractivity contribution in [1.29, 1.82) is 0 Å². The van der Waals surface area contributed by atoms with Crippen molar-refractivity contribution >= 4 is 11.6 Å². The van der Waals surface area contributed by atoms with Gasteiger partial charge in [-0.05, 0) is 31.0 Å². The SMILES string of the molecule is O=C(NCCOc1ccc2nnc(-c3cccc(F)c3)n2n1)C1CCC1. The largest absolute Gasteiger partial charge is 0.475 e. The van der Waals surface area contributed by atoms with Crippen LogP contribution in [0.1, 0.15) is 19.3 Å². The van der Waals surface area contributed by atoms with Gasteiger partial charge in [0.2, 0.25) is 11.8 Å². The lowest BCUT2D eigenvalue weighted by Gasteiger charge is -2.23. The molecule has 1 aliphatic carbocycles. The van der Waals surface area contributed by atoms with Crippen molar-refractivity contribution in [3.8, 4) is 17.3 Å². The van der Waals surface area contributed by atoms with Crippen molar-refractivity contribution in [2.24, 2.45) is 5.92 Å². The average Bonchev–Trinajstić information content (AvgIpc) is 3.00. The number of benzene rings is 1. The van der Waals surface area contributed by atoms with Crippen LogP contribution in [0, 0.1) is 11.7 Å². The predicted octanol–water partition coefficient (Wildman–Crippen LogP) is 2.23. The van der Waals surface area contributed by atoms with E-state index in [1.54, 1.807) is 24.3 Å². The van der Waals surface area contributed by atoms with Crippen LogP contribution in [0.15, 0.2) is 36.4 Å². The number of hydrogen-bond donors (Lipinski definition) is 1. The van der Waals surface area contributed by atoms with Crippen LogP contribution in [-0.4, -0.2) is 38.9 Å². The smallest absolute Gasteiger partial charge is 0.231 e. The Labute approximate surface area is 149 Å². The van der Waals surface area contributed by atoms with E-state index in [0.717, 1.165) is 19.3 Å². The van der Waals surface area contributed by atoms with E-state index in [4.69, 9.17) is 4.74 Å². The van der Waals surface area contributed by atoms with Crippen molar-refractivity contribution in [2.75, 3.05) is 13.2 Å². The minimum atomic E-state index is -0.353. The van der Waals surface area contributed by atoms with Crippen LogP contribution >= 0.6 is 0 Å². The highest BCUT2D eigenvalue weighted by Gasteiger charge is 2.24. The molecule has 1 saturated carbocycles. The van der Waals surface area contributed by atoms with Gasteiger partial charge in [-0.3, -0.25) is 4.79 Å². The summed E-state index contributed by atoms with van der Waals surface area (Å²) >= 11 is 0. The normalized spacial score (nSPS) is 14.2.